The first kappa shape index (κ1) is 13.3. The zero-order valence-electron chi connectivity index (χ0n) is 11.7. The molecule has 1 N–H and O–H groups in total. The van der Waals surface area contributed by atoms with E-state index in [1.54, 1.807) is 0 Å². The van der Waals surface area contributed by atoms with Gasteiger partial charge >= 0.3 is 0 Å². The molecule has 1 aliphatic heterocycles. The molecule has 0 amide bonds. The molecule has 0 bridgehead atoms. The van der Waals surface area contributed by atoms with E-state index in [4.69, 9.17) is 0 Å². The summed E-state index contributed by atoms with van der Waals surface area (Å²) in [5.74, 6) is 0. The van der Waals surface area contributed by atoms with Crippen molar-refractivity contribution in [1.29, 1.82) is 0 Å². The van der Waals surface area contributed by atoms with Gasteiger partial charge in [-0.2, -0.15) is 0 Å². The Balaban J connectivity index is 2.09. The number of aromatic nitrogens is 1. The smallest absolute Gasteiger partial charge is 0.0562 e. The highest BCUT2D eigenvalue weighted by molar-refractivity contribution is 5.47. The number of hydrogen-bond donors (Lipinski definition) is 1. The second kappa shape index (κ2) is 6.16. The lowest BCUT2D eigenvalue weighted by Crippen LogP contribution is -2.51. The molecular formula is C14H24N4. The van der Waals surface area contributed by atoms with Crippen LogP contribution in [0.3, 0.4) is 0 Å². The standard InChI is InChI=1S/C14H24N4/c1-4-13-11-18(8-7-17(13)3)14-5-6-16-12(9-14)10-15-2/h5-6,9,13,15H,4,7-8,10-11H2,1-3H3. The van der Waals surface area contributed by atoms with Crippen LogP contribution in [0.5, 0.6) is 0 Å². The van der Waals surface area contributed by atoms with Crippen LogP contribution in [-0.2, 0) is 6.54 Å². The van der Waals surface area contributed by atoms with Gasteiger partial charge in [-0.15, -0.1) is 0 Å². The monoisotopic (exact) mass is 248 g/mol. The molecule has 1 aromatic rings. The molecule has 0 spiro atoms. The van der Waals surface area contributed by atoms with Crippen LogP contribution >= 0.6 is 0 Å². The Morgan fingerprint density at radius 1 is 1.44 bits per heavy atom. The topological polar surface area (TPSA) is 31.4 Å². The second-order valence-electron chi connectivity index (χ2n) is 5.02. The van der Waals surface area contributed by atoms with Crippen LogP contribution < -0.4 is 10.2 Å². The van der Waals surface area contributed by atoms with Crippen molar-refractivity contribution in [3.8, 4) is 0 Å². The summed E-state index contributed by atoms with van der Waals surface area (Å²) in [5, 5.41) is 3.15. The number of nitrogens with one attached hydrogen (secondary N) is 1. The van der Waals surface area contributed by atoms with Crippen LogP contribution in [0.15, 0.2) is 18.3 Å². The third-order valence-electron chi connectivity index (χ3n) is 3.77. The molecule has 100 valence electrons. The van der Waals surface area contributed by atoms with Crippen LogP contribution in [0.4, 0.5) is 5.69 Å². The van der Waals surface area contributed by atoms with Gasteiger partial charge in [0.1, 0.15) is 0 Å². The molecule has 0 radical (unpaired) electrons. The molecule has 0 aromatic carbocycles. The predicted molar refractivity (Wildman–Crippen MR) is 75.9 cm³/mol. The van der Waals surface area contributed by atoms with Crippen molar-refractivity contribution in [2.24, 2.45) is 0 Å². The predicted octanol–water partition coefficient (Wildman–Crippen LogP) is 1.33. The molecule has 1 aromatic heterocycles. The average molecular weight is 248 g/mol. The summed E-state index contributed by atoms with van der Waals surface area (Å²) in [7, 11) is 4.18. The first-order chi connectivity index (χ1) is 8.74. The van der Waals surface area contributed by atoms with Crippen LogP contribution in [0.2, 0.25) is 0 Å². The second-order valence-corrected chi connectivity index (χ2v) is 5.02. The molecule has 4 heteroatoms. The van der Waals surface area contributed by atoms with E-state index in [1.807, 2.05) is 13.2 Å². The van der Waals surface area contributed by atoms with Crippen LogP contribution in [0.25, 0.3) is 0 Å². The summed E-state index contributed by atoms with van der Waals surface area (Å²) in [6.45, 7) is 6.47. The van der Waals surface area contributed by atoms with Gasteiger partial charge in [0.15, 0.2) is 0 Å². The Bertz CT molecular complexity index is 380. The van der Waals surface area contributed by atoms with E-state index in [1.165, 1.54) is 12.1 Å². The quantitative estimate of drug-likeness (QED) is 0.871. The van der Waals surface area contributed by atoms with Crippen LogP contribution in [0.1, 0.15) is 19.0 Å². The molecule has 1 atom stereocenters. The highest BCUT2D eigenvalue weighted by Crippen LogP contribution is 2.20. The van der Waals surface area contributed by atoms with E-state index in [0.29, 0.717) is 6.04 Å². The summed E-state index contributed by atoms with van der Waals surface area (Å²) in [5.41, 5.74) is 2.42. The first-order valence-electron chi connectivity index (χ1n) is 6.79. The molecule has 1 aliphatic rings. The fourth-order valence-corrected chi connectivity index (χ4v) is 2.56. The number of hydrogen-bond acceptors (Lipinski definition) is 4. The van der Waals surface area contributed by atoms with Crippen molar-refractivity contribution in [2.75, 3.05) is 38.6 Å². The van der Waals surface area contributed by atoms with Crippen molar-refractivity contribution >= 4 is 5.69 Å². The Kier molecular flexibility index (Phi) is 4.55. The Morgan fingerprint density at radius 3 is 3.00 bits per heavy atom. The molecule has 1 saturated heterocycles. The Labute approximate surface area is 110 Å². The van der Waals surface area contributed by atoms with E-state index in [-0.39, 0.29) is 0 Å². The molecule has 2 rings (SSSR count). The normalized spacial score (nSPS) is 21.3. The lowest BCUT2D eigenvalue weighted by Gasteiger charge is -2.40. The third kappa shape index (κ3) is 3.00. The highest BCUT2D eigenvalue weighted by atomic mass is 15.3. The van der Waals surface area contributed by atoms with E-state index in [2.05, 4.69) is 46.2 Å². The van der Waals surface area contributed by atoms with E-state index in [0.717, 1.165) is 31.9 Å². The fraction of sp³-hybridized carbons (Fsp3) is 0.643. The average Bonchev–Trinajstić information content (AvgIpc) is 2.40. The summed E-state index contributed by atoms with van der Waals surface area (Å²) in [4.78, 5) is 9.32. The maximum atomic E-state index is 4.38. The first-order valence-corrected chi connectivity index (χ1v) is 6.79. The summed E-state index contributed by atoms with van der Waals surface area (Å²) >= 11 is 0. The zero-order chi connectivity index (χ0) is 13.0. The number of nitrogens with zero attached hydrogens (tertiary/aromatic N) is 3. The van der Waals surface area contributed by atoms with Crippen LogP contribution in [0, 0.1) is 0 Å². The summed E-state index contributed by atoms with van der Waals surface area (Å²) in [6, 6.07) is 4.99. The van der Waals surface area contributed by atoms with Gasteiger partial charge < -0.3 is 10.2 Å². The number of rotatable bonds is 4. The molecule has 1 fully saturated rings. The number of piperazine rings is 1. The summed E-state index contributed by atoms with van der Waals surface area (Å²) < 4.78 is 0. The molecule has 2 heterocycles. The molecule has 1 unspecified atom stereocenters. The van der Waals surface area contributed by atoms with Crippen molar-refractivity contribution in [2.45, 2.75) is 25.9 Å². The van der Waals surface area contributed by atoms with Crippen LogP contribution in [-0.4, -0.2) is 49.7 Å². The van der Waals surface area contributed by atoms with Gasteiger partial charge in [-0.25, -0.2) is 0 Å². The van der Waals surface area contributed by atoms with Crippen molar-refractivity contribution in [3.63, 3.8) is 0 Å². The Hall–Kier alpha value is -1.13. The minimum Gasteiger partial charge on any atom is -0.369 e. The molecular weight excluding hydrogens is 224 g/mol. The van der Waals surface area contributed by atoms with Crippen molar-refractivity contribution in [3.05, 3.63) is 24.0 Å². The maximum absolute atomic E-state index is 4.38. The minimum atomic E-state index is 0.666. The van der Waals surface area contributed by atoms with Crippen molar-refractivity contribution in [1.82, 2.24) is 15.2 Å². The third-order valence-corrected chi connectivity index (χ3v) is 3.77. The van der Waals surface area contributed by atoms with Gasteiger partial charge in [0.05, 0.1) is 5.69 Å². The molecule has 0 saturated carbocycles. The van der Waals surface area contributed by atoms with Gasteiger partial charge in [0.2, 0.25) is 0 Å². The summed E-state index contributed by atoms with van der Waals surface area (Å²) in [6.07, 6.45) is 3.13. The van der Waals surface area contributed by atoms with Gasteiger partial charge in [-0.05, 0) is 32.6 Å². The Morgan fingerprint density at radius 2 is 2.28 bits per heavy atom. The SMILES string of the molecule is CCC1CN(c2ccnc(CNC)c2)CCN1C. The highest BCUT2D eigenvalue weighted by Gasteiger charge is 2.22. The largest absolute Gasteiger partial charge is 0.369 e. The van der Waals surface area contributed by atoms with E-state index >= 15 is 0 Å². The number of likely N-dealkylation sites (N-methyl/N-ethyl adjacent to an activating group) is 1. The van der Waals surface area contributed by atoms with Gasteiger partial charge in [-0.1, -0.05) is 6.92 Å². The zero-order valence-corrected chi connectivity index (χ0v) is 11.7. The minimum absolute atomic E-state index is 0.666. The number of anilines is 1. The van der Waals surface area contributed by atoms with E-state index < -0.39 is 0 Å². The lowest BCUT2D eigenvalue weighted by molar-refractivity contribution is 0.213. The number of pyridine rings is 1. The maximum Gasteiger partial charge on any atom is 0.0562 e. The van der Waals surface area contributed by atoms with Gasteiger partial charge in [-0.3, -0.25) is 9.88 Å². The van der Waals surface area contributed by atoms with Crippen molar-refractivity contribution < 1.29 is 0 Å². The molecule has 18 heavy (non-hydrogen) atoms. The van der Waals surface area contributed by atoms with Gasteiger partial charge in [0, 0.05) is 44.1 Å². The fourth-order valence-electron chi connectivity index (χ4n) is 2.56. The molecule has 0 aliphatic carbocycles. The lowest BCUT2D eigenvalue weighted by atomic mass is 10.1. The van der Waals surface area contributed by atoms with Gasteiger partial charge in [0.25, 0.3) is 0 Å². The molecule has 4 nitrogen and oxygen atoms in total. The van der Waals surface area contributed by atoms with E-state index in [9.17, 15) is 0 Å².